The number of halogens is 1. The van der Waals surface area contributed by atoms with Gasteiger partial charge in [0.1, 0.15) is 11.4 Å². The molecule has 1 aromatic heterocycles. The van der Waals surface area contributed by atoms with E-state index in [1.807, 2.05) is 18.7 Å². The molecule has 2 saturated heterocycles. The van der Waals surface area contributed by atoms with Crippen molar-refractivity contribution in [3.63, 3.8) is 0 Å². The van der Waals surface area contributed by atoms with Crippen molar-refractivity contribution in [2.75, 3.05) is 64.3 Å². The van der Waals surface area contributed by atoms with Crippen LogP contribution < -0.4 is 15.6 Å². The van der Waals surface area contributed by atoms with E-state index in [0.717, 1.165) is 45.3 Å². The third-order valence-electron chi connectivity index (χ3n) is 5.85. The minimum absolute atomic E-state index is 0.0512. The molecule has 2 aliphatic rings. The van der Waals surface area contributed by atoms with Gasteiger partial charge in [0.2, 0.25) is 5.43 Å². The number of pyridine rings is 1. The van der Waals surface area contributed by atoms with E-state index in [9.17, 15) is 14.0 Å². The van der Waals surface area contributed by atoms with Gasteiger partial charge in [-0.3, -0.25) is 9.69 Å². The number of carbonyl (C=O) groups is 1. The van der Waals surface area contributed by atoms with Crippen LogP contribution in [0.15, 0.2) is 23.1 Å². The Morgan fingerprint density at radius 3 is 2.58 bits per heavy atom. The molecule has 0 amide bonds. The standard InChI is InChI=1S/C20H26FN5O3.C2H6/c1-24-4-6-25(7-5-24)11-13-12-26(3-2-22-13)18-9-17-14(8-16(18)21)19(27)15(10-23-17)20(28)29;1-2/h8-10,13,22H,2-7,11-12H2,1H3,(H,23,27)(H,28,29);1-2H3. The first-order chi connectivity index (χ1) is 14.9. The molecule has 2 aromatic rings. The summed E-state index contributed by atoms with van der Waals surface area (Å²) in [5, 5.41) is 12.7. The molecule has 8 nitrogen and oxygen atoms in total. The van der Waals surface area contributed by atoms with Gasteiger partial charge in [-0.2, -0.15) is 0 Å². The van der Waals surface area contributed by atoms with E-state index in [1.54, 1.807) is 6.07 Å². The molecule has 31 heavy (non-hydrogen) atoms. The Hall–Kier alpha value is -2.49. The highest BCUT2D eigenvalue weighted by atomic mass is 19.1. The highest BCUT2D eigenvalue weighted by molar-refractivity contribution is 5.93. The highest BCUT2D eigenvalue weighted by Crippen LogP contribution is 2.25. The second kappa shape index (κ2) is 10.2. The van der Waals surface area contributed by atoms with E-state index in [0.29, 0.717) is 24.3 Å². The van der Waals surface area contributed by atoms with E-state index >= 15 is 0 Å². The fourth-order valence-electron chi connectivity index (χ4n) is 4.14. The van der Waals surface area contributed by atoms with Crippen LogP contribution in [0.2, 0.25) is 0 Å². The van der Waals surface area contributed by atoms with Gasteiger partial charge in [-0.15, -0.1) is 0 Å². The van der Waals surface area contributed by atoms with Crippen molar-refractivity contribution in [3.8, 4) is 0 Å². The molecular formula is C22H32FN5O3. The lowest BCUT2D eigenvalue weighted by atomic mass is 10.1. The van der Waals surface area contributed by atoms with E-state index < -0.39 is 17.2 Å². The van der Waals surface area contributed by atoms with Crippen LogP contribution in [0.1, 0.15) is 24.2 Å². The Labute approximate surface area is 181 Å². The fourth-order valence-corrected chi connectivity index (χ4v) is 4.14. The van der Waals surface area contributed by atoms with Gasteiger partial charge in [-0.25, -0.2) is 9.18 Å². The van der Waals surface area contributed by atoms with Crippen LogP contribution in [-0.2, 0) is 0 Å². The molecule has 2 fully saturated rings. The molecule has 0 radical (unpaired) electrons. The van der Waals surface area contributed by atoms with Gasteiger partial charge < -0.3 is 25.2 Å². The van der Waals surface area contributed by atoms with Crippen molar-refractivity contribution in [1.29, 1.82) is 0 Å². The highest BCUT2D eigenvalue weighted by Gasteiger charge is 2.25. The van der Waals surface area contributed by atoms with Crippen LogP contribution in [0.25, 0.3) is 10.9 Å². The van der Waals surface area contributed by atoms with Gasteiger partial charge in [0.05, 0.1) is 11.2 Å². The fraction of sp³-hybridized carbons (Fsp3) is 0.545. The number of aromatic amines is 1. The maximum Gasteiger partial charge on any atom is 0.341 e. The average Bonchev–Trinajstić information content (AvgIpc) is 2.77. The molecule has 1 unspecified atom stereocenters. The summed E-state index contributed by atoms with van der Waals surface area (Å²) in [6, 6.07) is 2.99. The van der Waals surface area contributed by atoms with Crippen LogP contribution in [0.4, 0.5) is 10.1 Å². The molecule has 1 atom stereocenters. The van der Waals surface area contributed by atoms with Crippen molar-refractivity contribution >= 4 is 22.6 Å². The van der Waals surface area contributed by atoms with Crippen LogP contribution in [0, 0.1) is 5.82 Å². The Balaban J connectivity index is 0.00000132. The second-order valence-electron chi connectivity index (χ2n) is 7.89. The van der Waals surface area contributed by atoms with Gasteiger partial charge in [0.15, 0.2) is 0 Å². The maximum atomic E-state index is 14.9. The molecule has 170 valence electrons. The number of rotatable bonds is 4. The molecule has 9 heteroatoms. The predicted molar refractivity (Wildman–Crippen MR) is 121 cm³/mol. The van der Waals surface area contributed by atoms with Gasteiger partial charge in [-0.1, -0.05) is 13.8 Å². The Morgan fingerprint density at radius 2 is 1.90 bits per heavy atom. The summed E-state index contributed by atoms with van der Waals surface area (Å²) < 4.78 is 14.9. The van der Waals surface area contributed by atoms with Crippen molar-refractivity contribution < 1.29 is 14.3 Å². The van der Waals surface area contributed by atoms with Gasteiger partial charge in [0.25, 0.3) is 0 Å². The van der Waals surface area contributed by atoms with Crippen molar-refractivity contribution in [3.05, 3.63) is 39.9 Å². The number of anilines is 1. The van der Waals surface area contributed by atoms with Crippen LogP contribution >= 0.6 is 0 Å². The number of benzene rings is 1. The monoisotopic (exact) mass is 433 g/mol. The average molecular weight is 434 g/mol. The second-order valence-corrected chi connectivity index (χ2v) is 7.89. The lowest BCUT2D eigenvalue weighted by Gasteiger charge is -2.40. The maximum absolute atomic E-state index is 14.9. The SMILES string of the molecule is CC.CN1CCN(CC2CN(c3cc4[nH]cc(C(=O)O)c(=O)c4cc3F)CCN2)CC1. The Morgan fingerprint density at radius 1 is 1.19 bits per heavy atom. The number of aromatic carboxylic acids is 1. The Kier molecular flexibility index (Phi) is 7.64. The summed E-state index contributed by atoms with van der Waals surface area (Å²) in [6.45, 7) is 11.2. The summed E-state index contributed by atoms with van der Waals surface area (Å²) >= 11 is 0. The third-order valence-corrected chi connectivity index (χ3v) is 5.85. The summed E-state index contributed by atoms with van der Waals surface area (Å²) in [4.78, 5) is 33.0. The first-order valence-electron chi connectivity index (χ1n) is 10.9. The van der Waals surface area contributed by atoms with Crippen LogP contribution in [-0.4, -0.2) is 91.3 Å². The number of piperazine rings is 2. The number of carboxylic acids is 1. The molecular weight excluding hydrogens is 401 g/mol. The van der Waals surface area contributed by atoms with Crippen LogP contribution in [0.5, 0.6) is 0 Å². The first-order valence-corrected chi connectivity index (χ1v) is 10.9. The van der Waals surface area contributed by atoms with E-state index in [4.69, 9.17) is 5.11 Å². The molecule has 0 spiro atoms. The zero-order valence-corrected chi connectivity index (χ0v) is 18.4. The molecule has 2 aliphatic heterocycles. The predicted octanol–water partition coefficient (Wildman–Crippen LogP) is 1.42. The van der Waals surface area contributed by atoms with E-state index in [1.165, 1.54) is 6.20 Å². The quantitative estimate of drug-likeness (QED) is 0.672. The number of hydrogen-bond acceptors (Lipinski definition) is 6. The number of fused-ring (bicyclic) bond motifs is 1. The van der Waals surface area contributed by atoms with Crippen molar-refractivity contribution in [2.24, 2.45) is 0 Å². The lowest BCUT2D eigenvalue weighted by molar-refractivity contribution is 0.0695. The number of nitrogens with one attached hydrogen (secondary N) is 2. The molecule has 0 bridgehead atoms. The number of likely N-dealkylation sites (N-methyl/N-ethyl adjacent to an activating group) is 1. The molecule has 0 aliphatic carbocycles. The normalized spacial score (nSPS) is 20.4. The first kappa shape index (κ1) is 23.2. The van der Waals surface area contributed by atoms with Crippen LogP contribution in [0.3, 0.4) is 0 Å². The summed E-state index contributed by atoms with van der Waals surface area (Å²) in [5.74, 6) is -1.84. The number of carboxylic acid groups (broad SMARTS) is 1. The number of hydrogen-bond donors (Lipinski definition) is 3. The van der Waals surface area contributed by atoms with Crippen molar-refractivity contribution in [1.82, 2.24) is 20.1 Å². The number of H-pyrrole nitrogens is 1. The van der Waals surface area contributed by atoms with Gasteiger partial charge in [0, 0.05) is 70.0 Å². The summed E-state index contributed by atoms with van der Waals surface area (Å²) in [5.41, 5.74) is -0.198. The molecule has 3 N–H and O–H groups in total. The zero-order chi connectivity index (χ0) is 22.5. The van der Waals surface area contributed by atoms with E-state index in [2.05, 4.69) is 27.1 Å². The Bertz CT molecular complexity index is 972. The lowest BCUT2D eigenvalue weighted by Crippen LogP contribution is -2.57. The molecule has 0 saturated carbocycles. The summed E-state index contributed by atoms with van der Waals surface area (Å²) in [7, 11) is 2.13. The third kappa shape index (κ3) is 5.23. The minimum Gasteiger partial charge on any atom is -0.477 e. The van der Waals surface area contributed by atoms with Gasteiger partial charge >= 0.3 is 5.97 Å². The zero-order valence-electron chi connectivity index (χ0n) is 18.4. The molecule has 1 aromatic carbocycles. The number of nitrogens with zero attached hydrogens (tertiary/aromatic N) is 3. The van der Waals surface area contributed by atoms with E-state index in [-0.39, 0.29) is 17.0 Å². The topological polar surface area (TPSA) is 91.9 Å². The smallest absolute Gasteiger partial charge is 0.341 e. The van der Waals surface area contributed by atoms with Crippen molar-refractivity contribution in [2.45, 2.75) is 19.9 Å². The van der Waals surface area contributed by atoms with Gasteiger partial charge in [-0.05, 0) is 19.2 Å². The number of aromatic nitrogens is 1. The minimum atomic E-state index is -1.33. The summed E-state index contributed by atoms with van der Waals surface area (Å²) in [6.07, 6.45) is 1.17. The largest absolute Gasteiger partial charge is 0.477 e. The molecule has 3 heterocycles. The molecule has 4 rings (SSSR count).